The highest BCUT2D eigenvalue weighted by Gasteiger charge is 2.12. The van der Waals surface area contributed by atoms with Crippen molar-refractivity contribution in [2.45, 2.75) is 39.3 Å². The Labute approximate surface area is 145 Å². The lowest BCUT2D eigenvalue weighted by molar-refractivity contribution is -0.121. The number of imidazole rings is 1. The van der Waals surface area contributed by atoms with Crippen molar-refractivity contribution in [1.29, 1.82) is 0 Å². The molecular formula is C19H21FN4O. The van der Waals surface area contributed by atoms with Crippen LogP contribution in [0.15, 0.2) is 42.6 Å². The minimum atomic E-state index is -0.279. The highest BCUT2D eigenvalue weighted by Crippen LogP contribution is 2.15. The molecule has 0 saturated carbocycles. The topological polar surface area (TPSA) is 59.8 Å². The fourth-order valence-electron chi connectivity index (χ4n) is 2.77. The molecule has 3 aromatic rings. The summed E-state index contributed by atoms with van der Waals surface area (Å²) in [6.07, 6.45) is 3.65. The summed E-state index contributed by atoms with van der Waals surface area (Å²) in [4.78, 5) is 21.1. The first-order valence-electron chi connectivity index (χ1n) is 8.48. The SMILES string of the molecule is CCCn1c(CCC(=O)NCc2ccc(F)cc2)nc2cccnc21. The Hall–Kier alpha value is -2.76. The third-order valence-electron chi connectivity index (χ3n) is 4.01. The van der Waals surface area contributed by atoms with Crippen LogP contribution in [-0.2, 0) is 24.3 Å². The molecular weight excluding hydrogens is 319 g/mol. The summed E-state index contributed by atoms with van der Waals surface area (Å²) in [7, 11) is 0. The Balaban J connectivity index is 1.60. The molecule has 1 amide bonds. The van der Waals surface area contributed by atoms with E-state index < -0.39 is 0 Å². The normalized spacial score (nSPS) is 11.0. The fourth-order valence-corrected chi connectivity index (χ4v) is 2.77. The second-order valence-electron chi connectivity index (χ2n) is 5.93. The zero-order valence-electron chi connectivity index (χ0n) is 14.2. The molecule has 6 heteroatoms. The minimum absolute atomic E-state index is 0.0487. The number of pyridine rings is 1. The third kappa shape index (κ3) is 4.21. The number of fused-ring (bicyclic) bond motifs is 1. The number of nitrogens with one attached hydrogen (secondary N) is 1. The summed E-state index contributed by atoms with van der Waals surface area (Å²) in [6.45, 7) is 3.33. The van der Waals surface area contributed by atoms with Crippen LogP contribution in [0.4, 0.5) is 4.39 Å². The van der Waals surface area contributed by atoms with Crippen LogP contribution in [0.2, 0.25) is 0 Å². The second kappa shape index (κ2) is 7.88. The van der Waals surface area contributed by atoms with Crippen LogP contribution >= 0.6 is 0 Å². The van der Waals surface area contributed by atoms with Gasteiger partial charge in [0.15, 0.2) is 5.65 Å². The molecule has 0 aliphatic rings. The maximum Gasteiger partial charge on any atom is 0.220 e. The van der Waals surface area contributed by atoms with Crippen molar-refractivity contribution < 1.29 is 9.18 Å². The van der Waals surface area contributed by atoms with Gasteiger partial charge in [-0.3, -0.25) is 4.79 Å². The van der Waals surface area contributed by atoms with Gasteiger partial charge in [0, 0.05) is 32.1 Å². The average molecular weight is 340 g/mol. The number of aromatic nitrogens is 3. The summed E-state index contributed by atoms with van der Waals surface area (Å²) in [6, 6.07) is 9.92. The number of benzene rings is 1. The van der Waals surface area contributed by atoms with E-state index in [-0.39, 0.29) is 11.7 Å². The van der Waals surface area contributed by atoms with E-state index in [0.29, 0.717) is 19.4 Å². The number of carbonyl (C=O) groups is 1. The van der Waals surface area contributed by atoms with Gasteiger partial charge in [0.2, 0.25) is 5.91 Å². The van der Waals surface area contributed by atoms with E-state index in [1.54, 1.807) is 18.3 Å². The van der Waals surface area contributed by atoms with Crippen LogP contribution in [-0.4, -0.2) is 20.4 Å². The highest BCUT2D eigenvalue weighted by molar-refractivity contribution is 5.76. The van der Waals surface area contributed by atoms with Crippen molar-refractivity contribution in [3.05, 3.63) is 59.8 Å². The Morgan fingerprint density at radius 1 is 1.24 bits per heavy atom. The molecule has 0 aliphatic carbocycles. The predicted molar refractivity (Wildman–Crippen MR) is 94.4 cm³/mol. The largest absolute Gasteiger partial charge is 0.352 e. The van der Waals surface area contributed by atoms with E-state index in [9.17, 15) is 9.18 Å². The van der Waals surface area contributed by atoms with Crippen LogP contribution in [0.1, 0.15) is 31.2 Å². The number of nitrogens with zero attached hydrogens (tertiary/aromatic N) is 3. The molecule has 0 saturated heterocycles. The first-order valence-corrected chi connectivity index (χ1v) is 8.48. The maximum atomic E-state index is 12.9. The summed E-state index contributed by atoms with van der Waals surface area (Å²) in [5.41, 5.74) is 2.60. The molecule has 0 atom stereocenters. The van der Waals surface area contributed by atoms with Crippen LogP contribution in [0.5, 0.6) is 0 Å². The quantitative estimate of drug-likeness (QED) is 0.718. The van der Waals surface area contributed by atoms with Gasteiger partial charge in [-0.05, 0) is 36.2 Å². The second-order valence-corrected chi connectivity index (χ2v) is 5.93. The molecule has 0 spiro atoms. The monoisotopic (exact) mass is 340 g/mol. The molecule has 0 fully saturated rings. The maximum absolute atomic E-state index is 12.9. The first kappa shape index (κ1) is 17.1. The van der Waals surface area contributed by atoms with Gasteiger partial charge in [0.25, 0.3) is 0 Å². The van der Waals surface area contributed by atoms with Gasteiger partial charge in [0.05, 0.1) is 0 Å². The van der Waals surface area contributed by atoms with E-state index in [2.05, 4.69) is 26.8 Å². The Morgan fingerprint density at radius 3 is 2.80 bits per heavy atom. The van der Waals surface area contributed by atoms with Crippen molar-refractivity contribution in [3.8, 4) is 0 Å². The lowest BCUT2D eigenvalue weighted by atomic mass is 10.2. The van der Waals surface area contributed by atoms with Gasteiger partial charge in [-0.25, -0.2) is 14.4 Å². The molecule has 0 unspecified atom stereocenters. The summed E-state index contributed by atoms with van der Waals surface area (Å²) in [5, 5.41) is 2.86. The molecule has 1 aromatic carbocycles. The molecule has 130 valence electrons. The number of hydrogen-bond donors (Lipinski definition) is 1. The summed E-state index contributed by atoms with van der Waals surface area (Å²) >= 11 is 0. The lowest BCUT2D eigenvalue weighted by Gasteiger charge is -2.08. The van der Waals surface area contributed by atoms with Crippen molar-refractivity contribution in [3.63, 3.8) is 0 Å². The number of carbonyl (C=O) groups excluding carboxylic acids is 1. The molecule has 0 aliphatic heterocycles. The number of amides is 1. The third-order valence-corrected chi connectivity index (χ3v) is 4.01. The van der Waals surface area contributed by atoms with Gasteiger partial charge < -0.3 is 9.88 Å². The number of hydrogen-bond acceptors (Lipinski definition) is 3. The minimum Gasteiger partial charge on any atom is -0.352 e. The van der Waals surface area contributed by atoms with Crippen LogP contribution < -0.4 is 5.32 Å². The lowest BCUT2D eigenvalue weighted by Crippen LogP contribution is -2.23. The molecule has 3 rings (SSSR count). The number of rotatable bonds is 7. The summed E-state index contributed by atoms with van der Waals surface area (Å²) < 4.78 is 15.0. The van der Waals surface area contributed by atoms with Gasteiger partial charge in [-0.15, -0.1) is 0 Å². The zero-order chi connectivity index (χ0) is 17.6. The predicted octanol–water partition coefficient (Wildman–Crippen LogP) is 3.23. The highest BCUT2D eigenvalue weighted by atomic mass is 19.1. The van der Waals surface area contributed by atoms with E-state index in [4.69, 9.17) is 0 Å². The first-order chi connectivity index (χ1) is 12.2. The zero-order valence-corrected chi connectivity index (χ0v) is 14.2. The molecule has 0 bridgehead atoms. The smallest absolute Gasteiger partial charge is 0.220 e. The fraction of sp³-hybridized carbons (Fsp3) is 0.316. The van der Waals surface area contributed by atoms with Gasteiger partial charge in [-0.2, -0.15) is 0 Å². The molecule has 0 radical (unpaired) electrons. The van der Waals surface area contributed by atoms with Gasteiger partial charge in [-0.1, -0.05) is 19.1 Å². The summed E-state index contributed by atoms with van der Waals surface area (Å²) in [5.74, 6) is 0.554. The molecule has 2 aromatic heterocycles. The van der Waals surface area contributed by atoms with E-state index >= 15 is 0 Å². The van der Waals surface area contributed by atoms with Crippen molar-refractivity contribution in [2.24, 2.45) is 0 Å². The van der Waals surface area contributed by atoms with Crippen molar-refractivity contribution >= 4 is 17.1 Å². The van der Waals surface area contributed by atoms with E-state index in [0.717, 1.165) is 35.5 Å². The molecule has 5 nitrogen and oxygen atoms in total. The standard InChI is InChI=1S/C19H21FN4O/c1-2-12-24-17(23-16-4-3-11-21-19(16)24)9-10-18(25)22-13-14-5-7-15(20)8-6-14/h3-8,11H,2,9-10,12-13H2,1H3,(H,22,25). The van der Waals surface area contributed by atoms with Crippen LogP contribution in [0.25, 0.3) is 11.2 Å². The average Bonchev–Trinajstić information content (AvgIpc) is 2.98. The Kier molecular flexibility index (Phi) is 5.38. The Bertz CT molecular complexity index is 857. The van der Waals surface area contributed by atoms with Gasteiger partial charge >= 0.3 is 0 Å². The number of halogens is 1. The van der Waals surface area contributed by atoms with Crippen LogP contribution in [0.3, 0.4) is 0 Å². The van der Waals surface area contributed by atoms with Gasteiger partial charge in [0.1, 0.15) is 17.2 Å². The van der Waals surface area contributed by atoms with Crippen molar-refractivity contribution in [2.75, 3.05) is 0 Å². The molecule has 1 N–H and O–H groups in total. The van der Waals surface area contributed by atoms with E-state index in [1.165, 1.54) is 12.1 Å². The molecule has 25 heavy (non-hydrogen) atoms. The van der Waals surface area contributed by atoms with E-state index in [1.807, 2.05) is 12.1 Å². The van der Waals surface area contributed by atoms with Crippen molar-refractivity contribution in [1.82, 2.24) is 19.9 Å². The number of aryl methyl sites for hydroxylation is 2. The van der Waals surface area contributed by atoms with Crippen LogP contribution in [0, 0.1) is 5.82 Å². The Morgan fingerprint density at radius 2 is 2.04 bits per heavy atom. The molecule has 2 heterocycles.